The first-order valence-corrected chi connectivity index (χ1v) is 6.87. The van der Waals surface area contributed by atoms with Gasteiger partial charge in [0.05, 0.1) is 17.1 Å². The lowest BCUT2D eigenvalue weighted by Gasteiger charge is -2.23. The molecular weight excluding hydrogens is 278 g/mol. The van der Waals surface area contributed by atoms with Gasteiger partial charge in [-0.1, -0.05) is 17.7 Å². The van der Waals surface area contributed by atoms with Gasteiger partial charge in [0.1, 0.15) is 0 Å². The molecule has 0 aliphatic rings. The highest BCUT2D eigenvalue weighted by molar-refractivity contribution is 6.34. The summed E-state index contributed by atoms with van der Waals surface area (Å²) in [5, 5.41) is 0.289. The summed E-state index contributed by atoms with van der Waals surface area (Å²) < 4.78 is 0. The summed E-state index contributed by atoms with van der Waals surface area (Å²) in [5.74, 6) is -0.454. The van der Waals surface area contributed by atoms with Crippen molar-refractivity contribution >= 4 is 29.1 Å². The van der Waals surface area contributed by atoms with E-state index >= 15 is 0 Å². The molecule has 6 heteroatoms. The molecule has 0 saturated carbocycles. The number of nitrogens with zero attached hydrogens (tertiary/aromatic N) is 2. The van der Waals surface area contributed by atoms with Gasteiger partial charge >= 0.3 is 0 Å². The van der Waals surface area contributed by atoms with Crippen molar-refractivity contribution in [2.45, 2.75) is 13.8 Å². The fourth-order valence-corrected chi connectivity index (χ4v) is 2.17. The van der Waals surface area contributed by atoms with Crippen molar-refractivity contribution in [2.75, 3.05) is 32.4 Å². The average Bonchev–Trinajstić information content (AvgIpc) is 2.39. The van der Waals surface area contributed by atoms with E-state index in [0.29, 0.717) is 18.8 Å². The molecule has 0 unspecified atom stereocenters. The summed E-state index contributed by atoms with van der Waals surface area (Å²) in [6.07, 6.45) is 0. The normalized spacial score (nSPS) is 10.2. The topological polar surface area (TPSA) is 66.6 Å². The molecule has 0 spiro atoms. The SMILES string of the molecule is CCN(CC)C(=O)CN(C)C(=O)c1c(N)cccc1Cl. The van der Waals surface area contributed by atoms with E-state index in [0.717, 1.165) is 0 Å². The van der Waals surface area contributed by atoms with Crippen molar-refractivity contribution in [1.29, 1.82) is 0 Å². The van der Waals surface area contributed by atoms with Crippen LogP contribution >= 0.6 is 11.6 Å². The van der Waals surface area contributed by atoms with Crippen molar-refractivity contribution in [3.63, 3.8) is 0 Å². The Balaban J connectivity index is 2.85. The van der Waals surface area contributed by atoms with Gasteiger partial charge in [-0.15, -0.1) is 0 Å². The van der Waals surface area contributed by atoms with Crippen LogP contribution < -0.4 is 5.73 Å². The van der Waals surface area contributed by atoms with Crippen molar-refractivity contribution in [3.05, 3.63) is 28.8 Å². The van der Waals surface area contributed by atoms with E-state index in [1.54, 1.807) is 30.1 Å². The van der Waals surface area contributed by atoms with Crippen LogP contribution in [0.1, 0.15) is 24.2 Å². The highest BCUT2D eigenvalue weighted by atomic mass is 35.5. The third kappa shape index (κ3) is 3.63. The summed E-state index contributed by atoms with van der Waals surface area (Å²) in [4.78, 5) is 27.3. The minimum atomic E-state index is -0.353. The zero-order chi connectivity index (χ0) is 15.3. The number of likely N-dealkylation sites (N-methyl/N-ethyl adjacent to an activating group) is 2. The molecule has 0 aliphatic heterocycles. The molecule has 2 amide bonds. The molecule has 0 atom stereocenters. The standard InChI is InChI=1S/C14H20ClN3O2/c1-4-18(5-2)12(19)9-17(3)14(20)13-10(15)7-6-8-11(13)16/h6-8H,4-5,9,16H2,1-3H3. The van der Waals surface area contributed by atoms with Crippen LogP contribution in [0.5, 0.6) is 0 Å². The monoisotopic (exact) mass is 297 g/mol. The highest BCUT2D eigenvalue weighted by Crippen LogP contribution is 2.23. The number of anilines is 1. The lowest BCUT2D eigenvalue weighted by atomic mass is 10.1. The van der Waals surface area contributed by atoms with Crippen LogP contribution in [0.2, 0.25) is 5.02 Å². The molecule has 1 aromatic carbocycles. The molecule has 0 heterocycles. The average molecular weight is 298 g/mol. The zero-order valence-electron chi connectivity index (χ0n) is 12.0. The molecule has 1 rings (SSSR count). The van der Waals surface area contributed by atoms with Crippen molar-refractivity contribution in [2.24, 2.45) is 0 Å². The Kier molecular flexibility index (Phi) is 5.82. The van der Waals surface area contributed by atoms with Gasteiger partial charge in [-0.25, -0.2) is 0 Å². The van der Waals surface area contributed by atoms with Crippen LogP contribution in [0.25, 0.3) is 0 Å². The van der Waals surface area contributed by atoms with Gasteiger partial charge in [-0.3, -0.25) is 9.59 Å². The van der Waals surface area contributed by atoms with Crippen molar-refractivity contribution in [1.82, 2.24) is 9.80 Å². The van der Waals surface area contributed by atoms with Crippen LogP contribution in [-0.2, 0) is 4.79 Å². The number of carbonyl (C=O) groups excluding carboxylic acids is 2. The second-order valence-electron chi connectivity index (χ2n) is 4.43. The maximum Gasteiger partial charge on any atom is 0.257 e. The van der Waals surface area contributed by atoms with Crippen molar-refractivity contribution < 1.29 is 9.59 Å². The summed E-state index contributed by atoms with van der Waals surface area (Å²) in [6, 6.07) is 4.89. The second kappa shape index (κ2) is 7.14. The number of rotatable bonds is 5. The summed E-state index contributed by atoms with van der Waals surface area (Å²) >= 11 is 6.00. The quantitative estimate of drug-likeness (QED) is 0.844. The molecule has 0 aliphatic carbocycles. The van der Waals surface area contributed by atoms with Crippen LogP contribution in [0.15, 0.2) is 18.2 Å². The number of halogens is 1. The molecule has 0 saturated heterocycles. The predicted octanol–water partition coefficient (Wildman–Crippen LogP) is 1.86. The second-order valence-corrected chi connectivity index (χ2v) is 4.84. The molecular formula is C14H20ClN3O2. The molecule has 0 aromatic heterocycles. The third-order valence-electron chi connectivity index (χ3n) is 3.09. The first-order valence-electron chi connectivity index (χ1n) is 6.49. The molecule has 110 valence electrons. The number of hydrogen-bond donors (Lipinski definition) is 1. The minimum Gasteiger partial charge on any atom is -0.398 e. The lowest BCUT2D eigenvalue weighted by Crippen LogP contribution is -2.41. The zero-order valence-corrected chi connectivity index (χ0v) is 12.8. The molecule has 1 aromatic rings. The van der Waals surface area contributed by atoms with Gasteiger partial charge < -0.3 is 15.5 Å². The predicted molar refractivity (Wildman–Crippen MR) is 80.8 cm³/mol. The van der Waals surface area contributed by atoms with Gasteiger partial charge in [0, 0.05) is 25.8 Å². The van der Waals surface area contributed by atoms with E-state index in [1.807, 2.05) is 13.8 Å². The first-order chi connectivity index (χ1) is 9.42. The Morgan fingerprint density at radius 3 is 2.35 bits per heavy atom. The molecule has 20 heavy (non-hydrogen) atoms. The smallest absolute Gasteiger partial charge is 0.257 e. The fourth-order valence-electron chi connectivity index (χ4n) is 1.91. The van der Waals surface area contributed by atoms with Crippen LogP contribution in [0.4, 0.5) is 5.69 Å². The Hall–Kier alpha value is -1.75. The molecule has 0 bridgehead atoms. The summed E-state index contributed by atoms with van der Waals surface area (Å²) in [7, 11) is 1.56. The molecule has 0 fully saturated rings. The minimum absolute atomic E-state index is 0.00514. The first kappa shape index (κ1) is 16.3. The van der Waals surface area contributed by atoms with Gasteiger partial charge in [-0.2, -0.15) is 0 Å². The van der Waals surface area contributed by atoms with E-state index in [4.69, 9.17) is 17.3 Å². The molecule has 2 N–H and O–H groups in total. The Morgan fingerprint density at radius 1 is 1.25 bits per heavy atom. The number of carbonyl (C=O) groups is 2. The molecule has 0 radical (unpaired) electrons. The van der Waals surface area contributed by atoms with E-state index in [1.165, 1.54) is 4.90 Å². The van der Waals surface area contributed by atoms with Crippen LogP contribution in [0.3, 0.4) is 0 Å². The Labute approximate surface area is 124 Å². The number of nitrogen functional groups attached to an aromatic ring is 1. The van der Waals surface area contributed by atoms with E-state index in [2.05, 4.69) is 0 Å². The maximum atomic E-state index is 12.3. The number of benzene rings is 1. The van der Waals surface area contributed by atoms with Gasteiger partial charge in [0.15, 0.2) is 0 Å². The van der Waals surface area contributed by atoms with Gasteiger partial charge in [-0.05, 0) is 26.0 Å². The van der Waals surface area contributed by atoms with Gasteiger partial charge in [0.25, 0.3) is 5.91 Å². The van der Waals surface area contributed by atoms with Crippen molar-refractivity contribution in [3.8, 4) is 0 Å². The fraction of sp³-hybridized carbons (Fsp3) is 0.429. The van der Waals surface area contributed by atoms with Crippen LogP contribution in [-0.4, -0.2) is 48.3 Å². The van der Waals surface area contributed by atoms with Crippen LogP contribution in [0, 0.1) is 0 Å². The third-order valence-corrected chi connectivity index (χ3v) is 3.41. The lowest BCUT2D eigenvalue weighted by molar-refractivity contribution is -0.131. The highest BCUT2D eigenvalue weighted by Gasteiger charge is 2.21. The van der Waals surface area contributed by atoms with E-state index < -0.39 is 0 Å². The Bertz CT molecular complexity index is 481. The van der Waals surface area contributed by atoms with E-state index in [-0.39, 0.29) is 28.9 Å². The van der Waals surface area contributed by atoms with Gasteiger partial charge in [0.2, 0.25) is 5.91 Å². The number of hydrogen-bond acceptors (Lipinski definition) is 3. The largest absolute Gasteiger partial charge is 0.398 e. The number of nitrogens with two attached hydrogens (primary N) is 1. The Morgan fingerprint density at radius 2 is 1.85 bits per heavy atom. The van der Waals surface area contributed by atoms with E-state index in [9.17, 15) is 9.59 Å². The molecule has 5 nitrogen and oxygen atoms in total. The number of amides is 2. The maximum absolute atomic E-state index is 12.3. The summed E-state index contributed by atoms with van der Waals surface area (Å²) in [5.41, 5.74) is 6.33. The summed E-state index contributed by atoms with van der Waals surface area (Å²) in [6.45, 7) is 5.03.